The number of hydrogen-bond donors (Lipinski definition) is 2. The van der Waals surface area contributed by atoms with E-state index in [1.807, 2.05) is 6.92 Å². The minimum absolute atomic E-state index is 0.123. The van der Waals surface area contributed by atoms with E-state index in [4.69, 9.17) is 21.1 Å². The monoisotopic (exact) mass is 336 g/mol. The molecule has 1 fully saturated rings. The number of likely N-dealkylation sites (tertiary alicyclic amines) is 1. The van der Waals surface area contributed by atoms with Gasteiger partial charge in [0.1, 0.15) is 5.58 Å². The Labute approximate surface area is 138 Å². The second-order valence-corrected chi connectivity index (χ2v) is 6.51. The summed E-state index contributed by atoms with van der Waals surface area (Å²) in [5.41, 5.74) is 0.215. The van der Waals surface area contributed by atoms with E-state index in [9.17, 15) is 9.59 Å². The number of furan rings is 1. The Balaban J connectivity index is 1.74. The van der Waals surface area contributed by atoms with Crippen LogP contribution in [0.1, 0.15) is 23.9 Å². The molecule has 7 heteroatoms. The van der Waals surface area contributed by atoms with Crippen molar-refractivity contribution in [2.24, 2.45) is 0 Å². The van der Waals surface area contributed by atoms with Gasteiger partial charge in [-0.2, -0.15) is 0 Å². The number of amides is 1. The van der Waals surface area contributed by atoms with Gasteiger partial charge in [0.05, 0.1) is 6.54 Å². The first-order chi connectivity index (χ1) is 10.9. The average Bonchev–Trinajstić information content (AvgIpc) is 3.08. The van der Waals surface area contributed by atoms with Crippen molar-refractivity contribution in [3.63, 3.8) is 0 Å². The quantitative estimate of drug-likeness (QED) is 0.895. The Morgan fingerprint density at radius 1 is 1.43 bits per heavy atom. The Morgan fingerprint density at radius 2 is 2.22 bits per heavy atom. The predicted molar refractivity (Wildman–Crippen MR) is 85.8 cm³/mol. The van der Waals surface area contributed by atoms with Crippen molar-refractivity contribution < 1.29 is 19.1 Å². The first kappa shape index (κ1) is 15.8. The van der Waals surface area contributed by atoms with Crippen LogP contribution in [0, 0.1) is 0 Å². The van der Waals surface area contributed by atoms with Crippen LogP contribution in [-0.2, 0) is 4.79 Å². The number of rotatable bonds is 4. The Morgan fingerprint density at radius 3 is 2.96 bits per heavy atom. The lowest BCUT2D eigenvalue weighted by Crippen LogP contribution is -2.47. The smallest absolute Gasteiger partial charge is 0.317 e. The number of nitrogens with zero attached hydrogens (tertiary/aromatic N) is 1. The Bertz CT molecular complexity index is 773. The lowest BCUT2D eigenvalue weighted by atomic mass is 10.0. The topological polar surface area (TPSA) is 82.8 Å². The highest BCUT2D eigenvalue weighted by Gasteiger charge is 2.37. The number of carbonyl (C=O) groups excluding carboxylic acids is 1. The lowest BCUT2D eigenvalue weighted by Gasteiger charge is -2.25. The van der Waals surface area contributed by atoms with E-state index >= 15 is 0 Å². The molecule has 0 bridgehead atoms. The van der Waals surface area contributed by atoms with Crippen molar-refractivity contribution in [2.45, 2.75) is 18.9 Å². The maximum Gasteiger partial charge on any atom is 0.317 e. The average molecular weight is 337 g/mol. The molecule has 3 rings (SSSR count). The van der Waals surface area contributed by atoms with Crippen molar-refractivity contribution >= 4 is 34.4 Å². The largest absolute Gasteiger partial charge is 0.480 e. The second-order valence-electron chi connectivity index (χ2n) is 6.08. The summed E-state index contributed by atoms with van der Waals surface area (Å²) < 4.78 is 5.60. The van der Waals surface area contributed by atoms with Crippen molar-refractivity contribution in [3.8, 4) is 0 Å². The fourth-order valence-corrected chi connectivity index (χ4v) is 3.02. The minimum Gasteiger partial charge on any atom is -0.480 e. The summed E-state index contributed by atoms with van der Waals surface area (Å²) in [6, 6.07) is 6.88. The molecule has 0 spiro atoms. The van der Waals surface area contributed by atoms with Crippen molar-refractivity contribution in [3.05, 3.63) is 35.0 Å². The lowest BCUT2D eigenvalue weighted by molar-refractivity contribution is -0.136. The van der Waals surface area contributed by atoms with Gasteiger partial charge in [-0.3, -0.25) is 14.9 Å². The van der Waals surface area contributed by atoms with Gasteiger partial charge < -0.3 is 14.4 Å². The second kappa shape index (κ2) is 5.86. The molecule has 0 aliphatic carbocycles. The zero-order valence-electron chi connectivity index (χ0n) is 12.6. The molecule has 1 amide bonds. The van der Waals surface area contributed by atoms with Crippen LogP contribution in [0.25, 0.3) is 11.0 Å². The molecular formula is C16H17ClN2O4. The number of nitrogens with one attached hydrogen (secondary N) is 1. The van der Waals surface area contributed by atoms with Crippen LogP contribution in [0.3, 0.4) is 0 Å². The summed E-state index contributed by atoms with van der Waals surface area (Å²) in [5, 5.41) is 13.1. The maximum absolute atomic E-state index is 12.6. The molecule has 122 valence electrons. The number of carboxylic acids is 1. The molecule has 1 aliphatic rings. The SMILES string of the molecule is C[C@@]1(NCC(=O)O)CCN(C(=O)c2cc3cc(Cl)ccc3o2)C1. The first-order valence-electron chi connectivity index (χ1n) is 7.31. The molecule has 2 heterocycles. The molecule has 0 saturated carbocycles. The zero-order chi connectivity index (χ0) is 16.6. The molecule has 0 radical (unpaired) electrons. The van der Waals surface area contributed by atoms with E-state index in [0.29, 0.717) is 30.1 Å². The third kappa shape index (κ3) is 3.33. The van der Waals surface area contributed by atoms with Gasteiger partial charge in [-0.1, -0.05) is 11.6 Å². The number of fused-ring (bicyclic) bond motifs is 1. The fraction of sp³-hybridized carbons (Fsp3) is 0.375. The van der Waals surface area contributed by atoms with Gasteiger partial charge in [0.25, 0.3) is 5.91 Å². The van der Waals surface area contributed by atoms with Crippen LogP contribution in [0.4, 0.5) is 0 Å². The zero-order valence-corrected chi connectivity index (χ0v) is 13.4. The van der Waals surface area contributed by atoms with E-state index in [1.54, 1.807) is 29.2 Å². The first-order valence-corrected chi connectivity index (χ1v) is 7.69. The molecule has 2 N–H and O–H groups in total. The van der Waals surface area contributed by atoms with E-state index in [2.05, 4.69) is 5.32 Å². The normalized spacial score (nSPS) is 21.0. The van der Waals surface area contributed by atoms with E-state index in [0.717, 1.165) is 5.39 Å². The van der Waals surface area contributed by atoms with E-state index in [1.165, 1.54) is 0 Å². The molecule has 1 aromatic heterocycles. The third-order valence-corrected chi connectivity index (χ3v) is 4.35. The number of carbonyl (C=O) groups is 2. The van der Waals surface area contributed by atoms with Crippen LogP contribution in [0.5, 0.6) is 0 Å². The van der Waals surface area contributed by atoms with Crippen LogP contribution in [0.15, 0.2) is 28.7 Å². The molecular weight excluding hydrogens is 320 g/mol. The number of hydrogen-bond acceptors (Lipinski definition) is 4. The minimum atomic E-state index is -0.912. The van der Waals surface area contributed by atoms with Gasteiger partial charge in [0.2, 0.25) is 0 Å². The number of aliphatic carboxylic acids is 1. The van der Waals surface area contributed by atoms with Gasteiger partial charge in [0.15, 0.2) is 5.76 Å². The molecule has 1 atom stereocenters. The molecule has 1 aliphatic heterocycles. The van der Waals surface area contributed by atoms with E-state index in [-0.39, 0.29) is 18.2 Å². The van der Waals surface area contributed by atoms with Gasteiger partial charge in [-0.25, -0.2) is 0 Å². The van der Waals surface area contributed by atoms with Crippen molar-refractivity contribution in [1.29, 1.82) is 0 Å². The standard InChI is InChI=1S/C16H17ClN2O4/c1-16(18-8-14(20)21)4-5-19(9-16)15(22)13-7-10-6-11(17)2-3-12(10)23-13/h2-3,6-7,18H,4-5,8-9H2,1H3,(H,20,21)/t16-/m1/s1. The van der Waals surface area contributed by atoms with Crippen LogP contribution in [-0.4, -0.2) is 47.1 Å². The van der Waals surface area contributed by atoms with Crippen LogP contribution in [0.2, 0.25) is 5.02 Å². The number of halogens is 1. The molecule has 23 heavy (non-hydrogen) atoms. The van der Waals surface area contributed by atoms with Crippen molar-refractivity contribution in [1.82, 2.24) is 10.2 Å². The van der Waals surface area contributed by atoms with E-state index < -0.39 is 11.5 Å². The van der Waals surface area contributed by atoms with Gasteiger partial charge >= 0.3 is 5.97 Å². The molecule has 6 nitrogen and oxygen atoms in total. The third-order valence-electron chi connectivity index (χ3n) is 4.12. The summed E-state index contributed by atoms with van der Waals surface area (Å²) in [4.78, 5) is 25.0. The molecule has 1 saturated heterocycles. The highest BCUT2D eigenvalue weighted by molar-refractivity contribution is 6.31. The van der Waals surface area contributed by atoms with Gasteiger partial charge in [-0.15, -0.1) is 0 Å². The summed E-state index contributed by atoms with van der Waals surface area (Å²) in [6.07, 6.45) is 0.693. The summed E-state index contributed by atoms with van der Waals surface area (Å²) in [5.74, 6) is -0.840. The van der Waals surface area contributed by atoms with Gasteiger partial charge in [-0.05, 0) is 37.6 Å². The number of carboxylic acid groups (broad SMARTS) is 1. The molecule has 2 aromatic rings. The predicted octanol–water partition coefficient (Wildman–Crippen LogP) is 2.37. The summed E-state index contributed by atoms with van der Waals surface area (Å²) in [7, 11) is 0. The summed E-state index contributed by atoms with van der Waals surface area (Å²) >= 11 is 5.94. The number of benzene rings is 1. The molecule has 0 unspecified atom stereocenters. The van der Waals surface area contributed by atoms with Crippen LogP contribution >= 0.6 is 11.6 Å². The fourth-order valence-electron chi connectivity index (χ4n) is 2.84. The molecule has 1 aromatic carbocycles. The Hall–Kier alpha value is -2.05. The summed E-state index contributed by atoms with van der Waals surface area (Å²) in [6.45, 7) is 2.79. The Kier molecular flexibility index (Phi) is 4.04. The van der Waals surface area contributed by atoms with Gasteiger partial charge in [0, 0.05) is 29.0 Å². The highest BCUT2D eigenvalue weighted by Crippen LogP contribution is 2.27. The highest BCUT2D eigenvalue weighted by atomic mass is 35.5. The van der Waals surface area contributed by atoms with Crippen molar-refractivity contribution in [2.75, 3.05) is 19.6 Å². The van der Waals surface area contributed by atoms with Crippen LogP contribution < -0.4 is 5.32 Å². The maximum atomic E-state index is 12.6.